The van der Waals surface area contributed by atoms with Crippen LogP contribution in [0.15, 0.2) is 29.3 Å². The van der Waals surface area contributed by atoms with Gasteiger partial charge in [0, 0.05) is 11.3 Å². The van der Waals surface area contributed by atoms with Crippen molar-refractivity contribution in [3.05, 3.63) is 35.4 Å². The SMILES string of the molecule is CCC1(CC)CSC(=NCc2ccc(C(C)C)cc2)N1. The van der Waals surface area contributed by atoms with Gasteiger partial charge >= 0.3 is 0 Å². The van der Waals surface area contributed by atoms with Crippen molar-refractivity contribution in [1.82, 2.24) is 5.32 Å². The second-order valence-corrected chi connectivity index (χ2v) is 6.88. The fourth-order valence-corrected chi connectivity index (χ4v) is 3.73. The Morgan fingerprint density at radius 1 is 1.20 bits per heavy atom. The van der Waals surface area contributed by atoms with E-state index >= 15 is 0 Å². The second kappa shape index (κ2) is 6.66. The maximum absolute atomic E-state index is 4.73. The lowest BCUT2D eigenvalue weighted by Gasteiger charge is -2.25. The Labute approximate surface area is 127 Å². The monoisotopic (exact) mass is 290 g/mol. The van der Waals surface area contributed by atoms with Gasteiger partial charge in [0.1, 0.15) is 0 Å². The average Bonchev–Trinajstić information content (AvgIpc) is 2.90. The molecule has 110 valence electrons. The predicted octanol–water partition coefficient (Wildman–Crippen LogP) is 4.56. The molecule has 3 heteroatoms. The third-order valence-corrected chi connectivity index (χ3v) is 5.46. The summed E-state index contributed by atoms with van der Waals surface area (Å²) in [6.45, 7) is 9.74. The molecular weight excluding hydrogens is 264 g/mol. The molecule has 20 heavy (non-hydrogen) atoms. The van der Waals surface area contributed by atoms with Crippen LogP contribution in [0.1, 0.15) is 57.6 Å². The van der Waals surface area contributed by atoms with E-state index in [9.17, 15) is 0 Å². The third kappa shape index (κ3) is 3.57. The summed E-state index contributed by atoms with van der Waals surface area (Å²) in [7, 11) is 0. The Bertz CT molecular complexity index is 458. The van der Waals surface area contributed by atoms with Gasteiger partial charge in [-0.25, -0.2) is 0 Å². The van der Waals surface area contributed by atoms with Crippen molar-refractivity contribution < 1.29 is 0 Å². The summed E-state index contributed by atoms with van der Waals surface area (Å²) in [5, 5.41) is 4.73. The zero-order valence-corrected chi connectivity index (χ0v) is 13.9. The first kappa shape index (κ1) is 15.4. The molecule has 0 saturated carbocycles. The molecular formula is C17H26N2S. The van der Waals surface area contributed by atoms with Crippen LogP contribution in [-0.4, -0.2) is 16.5 Å². The zero-order chi connectivity index (χ0) is 14.6. The molecule has 1 aromatic carbocycles. The van der Waals surface area contributed by atoms with Crippen LogP contribution in [0.5, 0.6) is 0 Å². The summed E-state index contributed by atoms with van der Waals surface area (Å²) >= 11 is 1.86. The first-order valence-corrected chi connectivity index (χ1v) is 8.61. The van der Waals surface area contributed by atoms with E-state index in [0.29, 0.717) is 5.92 Å². The Hall–Kier alpha value is -0.960. The molecule has 0 atom stereocenters. The van der Waals surface area contributed by atoms with Crippen LogP contribution in [0.2, 0.25) is 0 Å². The number of aliphatic imine (C=N–C) groups is 1. The van der Waals surface area contributed by atoms with Gasteiger partial charge in [-0.2, -0.15) is 0 Å². The van der Waals surface area contributed by atoms with Crippen molar-refractivity contribution in [3.63, 3.8) is 0 Å². The topological polar surface area (TPSA) is 24.4 Å². The lowest BCUT2D eigenvalue weighted by molar-refractivity contribution is 0.407. The molecule has 0 bridgehead atoms. The van der Waals surface area contributed by atoms with Crippen LogP contribution < -0.4 is 5.32 Å². The normalized spacial score (nSPS) is 19.6. The van der Waals surface area contributed by atoms with E-state index in [0.717, 1.165) is 17.5 Å². The molecule has 0 spiro atoms. The molecule has 2 nitrogen and oxygen atoms in total. The summed E-state index contributed by atoms with van der Waals surface area (Å²) in [4.78, 5) is 4.73. The van der Waals surface area contributed by atoms with Gasteiger partial charge in [-0.05, 0) is 29.9 Å². The van der Waals surface area contributed by atoms with Crippen molar-refractivity contribution in [2.75, 3.05) is 5.75 Å². The zero-order valence-electron chi connectivity index (χ0n) is 13.1. The van der Waals surface area contributed by atoms with Crippen molar-refractivity contribution >= 4 is 16.9 Å². The standard InChI is InChI=1S/C17H26N2S/c1-5-17(6-2)12-20-16(19-17)18-11-14-7-9-15(10-8-14)13(3)4/h7-10,13H,5-6,11-12H2,1-4H3,(H,18,19). The number of hydrogen-bond donors (Lipinski definition) is 1. The summed E-state index contributed by atoms with van der Waals surface area (Å²) in [6.07, 6.45) is 2.33. The highest BCUT2D eigenvalue weighted by Gasteiger charge is 2.33. The third-order valence-electron chi connectivity index (χ3n) is 4.26. The van der Waals surface area contributed by atoms with Gasteiger partial charge in [-0.3, -0.25) is 4.99 Å². The number of benzene rings is 1. The summed E-state index contributed by atoms with van der Waals surface area (Å²) in [5.74, 6) is 1.74. The molecule has 0 radical (unpaired) electrons. The number of rotatable bonds is 5. The van der Waals surface area contributed by atoms with E-state index in [1.807, 2.05) is 11.8 Å². The number of nitrogens with zero attached hydrogens (tertiary/aromatic N) is 1. The van der Waals surface area contributed by atoms with Gasteiger partial charge in [0.05, 0.1) is 6.54 Å². The van der Waals surface area contributed by atoms with E-state index in [1.165, 1.54) is 24.0 Å². The largest absolute Gasteiger partial charge is 0.359 e. The minimum Gasteiger partial charge on any atom is -0.359 e. The molecule has 1 aliphatic heterocycles. The molecule has 1 heterocycles. The summed E-state index contributed by atoms with van der Waals surface area (Å²) in [6, 6.07) is 8.84. The molecule has 1 aliphatic rings. The van der Waals surface area contributed by atoms with Crippen molar-refractivity contribution in [2.45, 2.75) is 58.5 Å². The molecule has 2 rings (SSSR count). The molecule has 1 fully saturated rings. The fourth-order valence-electron chi connectivity index (χ4n) is 2.39. The van der Waals surface area contributed by atoms with Gasteiger partial charge in [0.2, 0.25) is 0 Å². The van der Waals surface area contributed by atoms with Gasteiger partial charge < -0.3 is 5.32 Å². The van der Waals surface area contributed by atoms with E-state index in [2.05, 4.69) is 57.3 Å². The maximum atomic E-state index is 4.73. The number of amidine groups is 1. The number of thioether (sulfide) groups is 1. The van der Waals surface area contributed by atoms with Gasteiger partial charge in [0.25, 0.3) is 0 Å². The molecule has 1 saturated heterocycles. The highest BCUT2D eigenvalue weighted by molar-refractivity contribution is 8.14. The van der Waals surface area contributed by atoms with Crippen LogP contribution in [-0.2, 0) is 6.54 Å². The molecule has 0 aromatic heterocycles. The maximum Gasteiger partial charge on any atom is 0.157 e. The molecule has 1 aromatic rings. The molecule has 0 amide bonds. The molecule has 1 N–H and O–H groups in total. The highest BCUT2D eigenvalue weighted by Crippen LogP contribution is 2.29. The van der Waals surface area contributed by atoms with Crippen LogP contribution in [0, 0.1) is 0 Å². The predicted molar refractivity (Wildman–Crippen MR) is 90.6 cm³/mol. The first-order valence-electron chi connectivity index (χ1n) is 7.63. The fraction of sp³-hybridized carbons (Fsp3) is 0.588. The quantitative estimate of drug-likeness (QED) is 0.859. The van der Waals surface area contributed by atoms with Crippen LogP contribution in [0.3, 0.4) is 0 Å². The van der Waals surface area contributed by atoms with Crippen LogP contribution >= 0.6 is 11.8 Å². The minimum absolute atomic E-state index is 0.269. The molecule has 0 unspecified atom stereocenters. The van der Waals surface area contributed by atoms with Crippen molar-refractivity contribution in [1.29, 1.82) is 0 Å². The van der Waals surface area contributed by atoms with Crippen molar-refractivity contribution in [3.8, 4) is 0 Å². The number of nitrogens with one attached hydrogen (secondary N) is 1. The van der Waals surface area contributed by atoms with Crippen LogP contribution in [0.25, 0.3) is 0 Å². The second-order valence-electron chi connectivity index (χ2n) is 5.92. The van der Waals surface area contributed by atoms with E-state index < -0.39 is 0 Å². The number of hydrogen-bond acceptors (Lipinski definition) is 2. The summed E-state index contributed by atoms with van der Waals surface area (Å²) < 4.78 is 0. The van der Waals surface area contributed by atoms with E-state index in [4.69, 9.17) is 4.99 Å². The van der Waals surface area contributed by atoms with Crippen molar-refractivity contribution in [2.24, 2.45) is 4.99 Å². The van der Waals surface area contributed by atoms with Gasteiger partial charge in [-0.1, -0.05) is 63.7 Å². The minimum atomic E-state index is 0.269. The average molecular weight is 290 g/mol. The van der Waals surface area contributed by atoms with E-state index in [1.54, 1.807) is 0 Å². The smallest absolute Gasteiger partial charge is 0.157 e. The van der Waals surface area contributed by atoms with E-state index in [-0.39, 0.29) is 5.54 Å². The van der Waals surface area contributed by atoms with Gasteiger partial charge in [0.15, 0.2) is 5.17 Å². The van der Waals surface area contributed by atoms with Gasteiger partial charge in [-0.15, -0.1) is 0 Å². The highest BCUT2D eigenvalue weighted by atomic mass is 32.2. The Morgan fingerprint density at radius 2 is 1.85 bits per heavy atom. The summed E-state index contributed by atoms with van der Waals surface area (Å²) in [5.41, 5.74) is 2.95. The Kier molecular flexibility index (Phi) is 5.14. The first-order chi connectivity index (χ1) is 9.58. The van der Waals surface area contributed by atoms with Crippen LogP contribution in [0.4, 0.5) is 0 Å². The lowest BCUT2D eigenvalue weighted by Crippen LogP contribution is -2.42. The Morgan fingerprint density at radius 3 is 2.35 bits per heavy atom. The lowest BCUT2D eigenvalue weighted by atomic mass is 9.96. The Balaban J connectivity index is 1.96. The molecule has 0 aliphatic carbocycles.